The van der Waals surface area contributed by atoms with Crippen LogP contribution in [0.25, 0.3) is 10.9 Å². The number of aromatic nitrogens is 2. The predicted molar refractivity (Wildman–Crippen MR) is 124 cm³/mol. The third kappa shape index (κ3) is 5.65. The molecular formula is C25H18F5N3O6. The number of ether oxygens (including phenoxy) is 4. The summed E-state index contributed by atoms with van der Waals surface area (Å²) in [6, 6.07) is 3.16. The number of anilines is 1. The van der Waals surface area contributed by atoms with Crippen molar-refractivity contribution in [2.45, 2.75) is 6.36 Å². The number of nitrogens with zero attached hydrogens (tertiary/aromatic N) is 2. The Labute approximate surface area is 216 Å². The Kier molecular flexibility index (Phi) is 8.04. The van der Waals surface area contributed by atoms with Crippen LogP contribution in [0.3, 0.4) is 0 Å². The standard InChI is InChI=1S/C25H18F5N3O6/c1-36-3-4-38-20-8-14-11(6-19(20)37-2)25(32-10-31-14)33-15-7-17(35)18(9-16(15)34)39-24(30)12-5-13(26)22(28)23(29)21(12)27/h5-10,24H,3-4H2,1-2H3,(H,31,32,33). The zero-order valence-corrected chi connectivity index (χ0v) is 20.2. The molecule has 9 nitrogen and oxygen atoms in total. The highest BCUT2D eigenvalue weighted by Crippen LogP contribution is 2.35. The smallest absolute Gasteiger partial charge is 0.267 e. The van der Waals surface area contributed by atoms with E-state index >= 15 is 0 Å². The molecule has 0 spiro atoms. The van der Waals surface area contributed by atoms with Gasteiger partial charge in [-0.05, 0) is 12.1 Å². The number of methoxy groups -OCH3 is 2. The van der Waals surface area contributed by atoms with Crippen LogP contribution in [0.5, 0.6) is 11.5 Å². The fraction of sp³-hybridized carbons (Fsp3) is 0.200. The second kappa shape index (κ2) is 11.4. The Morgan fingerprint density at radius 1 is 0.897 bits per heavy atom. The average Bonchev–Trinajstić information content (AvgIpc) is 2.92. The summed E-state index contributed by atoms with van der Waals surface area (Å²) in [5, 5.41) is 3.08. The molecule has 1 unspecified atom stereocenters. The van der Waals surface area contributed by atoms with Crippen LogP contribution in [-0.4, -0.2) is 49.0 Å². The molecule has 3 aromatic rings. The van der Waals surface area contributed by atoms with E-state index < -0.39 is 52.5 Å². The minimum absolute atomic E-state index is 0.0411. The second-order valence-corrected chi connectivity index (χ2v) is 7.83. The minimum Gasteiger partial charge on any atom is -0.493 e. The van der Waals surface area contributed by atoms with Gasteiger partial charge in [0.25, 0.3) is 6.36 Å². The molecule has 0 saturated carbocycles. The number of rotatable bonds is 10. The van der Waals surface area contributed by atoms with E-state index in [1.165, 1.54) is 20.5 Å². The Morgan fingerprint density at radius 2 is 1.67 bits per heavy atom. The SMILES string of the molecule is COCCOc1cc2ncnc(NC3=CC(=O)C(OC(F)c4cc(F)c(F)c(F)c4F)=CC3=O)c2cc1OC. The molecule has 1 aliphatic rings. The van der Waals surface area contributed by atoms with Gasteiger partial charge in [-0.25, -0.2) is 27.5 Å². The largest absolute Gasteiger partial charge is 0.493 e. The van der Waals surface area contributed by atoms with Crippen LogP contribution in [0.2, 0.25) is 0 Å². The Hall–Kier alpha value is -4.59. The zero-order valence-electron chi connectivity index (χ0n) is 20.2. The van der Waals surface area contributed by atoms with Crippen molar-refractivity contribution in [1.82, 2.24) is 9.97 Å². The van der Waals surface area contributed by atoms with Crippen LogP contribution < -0.4 is 14.8 Å². The topological polar surface area (TPSA) is 109 Å². The first-order chi connectivity index (χ1) is 18.6. The molecule has 204 valence electrons. The van der Waals surface area contributed by atoms with Crippen molar-refractivity contribution in [3.05, 3.63) is 77.0 Å². The van der Waals surface area contributed by atoms with Crippen molar-refractivity contribution in [3.63, 3.8) is 0 Å². The van der Waals surface area contributed by atoms with Gasteiger partial charge in [-0.1, -0.05) is 0 Å². The maximum Gasteiger partial charge on any atom is 0.267 e. The summed E-state index contributed by atoms with van der Waals surface area (Å²) < 4.78 is 88.9. The molecule has 0 radical (unpaired) electrons. The lowest BCUT2D eigenvalue weighted by Crippen LogP contribution is -2.21. The molecule has 0 saturated heterocycles. The number of carbonyl (C=O) groups is 2. The summed E-state index contributed by atoms with van der Waals surface area (Å²) in [6.07, 6.45) is -0.379. The molecule has 1 aromatic heterocycles. The fourth-order valence-electron chi connectivity index (χ4n) is 3.46. The highest BCUT2D eigenvalue weighted by atomic mass is 19.2. The third-order valence-corrected chi connectivity index (χ3v) is 5.37. The molecule has 39 heavy (non-hydrogen) atoms. The summed E-state index contributed by atoms with van der Waals surface area (Å²) in [5.74, 6) is -10.3. The van der Waals surface area contributed by atoms with Gasteiger partial charge in [0, 0.05) is 30.7 Å². The molecule has 1 atom stereocenters. The van der Waals surface area contributed by atoms with Crippen LogP contribution in [0, 0.1) is 23.3 Å². The van der Waals surface area contributed by atoms with Crippen LogP contribution in [0.15, 0.2) is 48.1 Å². The number of halogens is 5. The van der Waals surface area contributed by atoms with Gasteiger partial charge < -0.3 is 24.3 Å². The Bertz CT molecular complexity index is 1530. The van der Waals surface area contributed by atoms with Crippen molar-refractivity contribution in [2.24, 2.45) is 0 Å². The molecule has 0 aliphatic heterocycles. The van der Waals surface area contributed by atoms with E-state index in [4.69, 9.17) is 14.2 Å². The Morgan fingerprint density at radius 3 is 2.38 bits per heavy atom. The van der Waals surface area contributed by atoms with Gasteiger partial charge in [-0.2, -0.15) is 4.39 Å². The fourth-order valence-corrected chi connectivity index (χ4v) is 3.46. The number of hydrogen-bond acceptors (Lipinski definition) is 9. The third-order valence-electron chi connectivity index (χ3n) is 5.37. The van der Waals surface area contributed by atoms with E-state index in [0.29, 0.717) is 35.1 Å². The molecule has 1 N–H and O–H groups in total. The van der Waals surface area contributed by atoms with Gasteiger partial charge in [0.05, 0.1) is 30.5 Å². The summed E-state index contributed by atoms with van der Waals surface area (Å²) in [7, 11) is 2.93. The maximum absolute atomic E-state index is 14.5. The van der Waals surface area contributed by atoms with Crippen LogP contribution in [0.1, 0.15) is 11.9 Å². The number of hydrogen-bond donors (Lipinski definition) is 1. The van der Waals surface area contributed by atoms with Crippen LogP contribution >= 0.6 is 0 Å². The number of ketones is 2. The average molecular weight is 551 g/mol. The van der Waals surface area contributed by atoms with Gasteiger partial charge in [0.2, 0.25) is 11.6 Å². The molecule has 1 aliphatic carbocycles. The van der Waals surface area contributed by atoms with Crippen molar-refractivity contribution in [1.29, 1.82) is 0 Å². The quantitative estimate of drug-likeness (QED) is 0.130. The van der Waals surface area contributed by atoms with E-state index in [9.17, 15) is 31.5 Å². The van der Waals surface area contributed by atoms with Crippen molar-refractivity contribution < 1.29 is 50.5 Å². The predicted octanol–water partition coefficient (Wildman–Crippen LogP) is 4.24. The van der Waals surface area contributed by atoms with E-state index in [1.54, 1.807) is 12.1 Å². The van der Waals surface area contributed by atoms with Gasteiger partial charge >= 0.3 is 0 Å². The molecule has 4 rings (SSSR count). The molecule has 2 aromatic carbocycles. The first-order valence-electron chi connectivity index (χ1n) is 11.0. The lowest BCUT2D eigenvalue weighted by atomic mass is 10.1. The molecule has 0 fully saturated rings. The van der Waals surface area contributed by atoms with E-state index in [-0.39, 0.29) is 24.2 Å². The first kappa shape index (κ1) is 27.4. The summed E-state index contributed by atoms with van der Waals surface area (Å²) >= 11 is 0. The summed E-state index contributed by atoms with van der Waals surface area (Å²) in [5.41, 5.74) is -1.23. The number of carbonyl (C=O) groups excluding carboxylic acids is 2. The van der Waals surface area contributed by atoms with E-state index in [2.05, 4.69) is 20.0 Å². The normalized spacial score (nSPS) is 14.1. The summed E-state index contributed by atoms with van der Waals surface area (Å²) in [4.78, 5) is 33.4. The highest BCUT2D eigenvalue weighted by Gasteiger charge is 2.29. The molecule has 0 amide bonds. The monoisotopic (exact) mass is 551 g/mol. The molecule has 0 bridgehead atoms. The maximum atomic E-state index is 14.5. The van der Waals surface area contributed by atoms with Crippen molar-refractivity contribution in [2.75, 3.05) is 32.8 Å². The van der Waals surface area contributed by atoms with E-state index in [1.807, 2.05) is 0 Å². The lowest BCUT2D eigenvalue weighted by molar-refractivity contribution is -0.120. The number of alkyl halides is 1. The van der Waals surface area contributed by atoms with Crippen molar-refractivity contribution in [3.8, 4) is 11.5 Å². The van der Waals surface area contributed by atoms with Crippen LogP contribution in [-0.2, 0) is 19.1 Å². The summed E-state index contributed by atoms with van der Waals surface area (Å²) in [6.45, 7) is 0.573. The van der Waals surface area contributed by atoms with Crippen LogP contribution in [0.4, 0.5) is 27.8 Å². The number of allylic oxidation sites excluding steroid dienone is 2. The van der Waals surface area contributed by atoms with Gasteiger partial charge in [-0.3, -0.25) is 9.59 Å². The first-order valence-corrected chi connectivity index (χ1v) is 11.0. The van der Waals surface area contributed by atoms with Gasteiger partial charge in [0.1, 0.15) is 18.8 Å². The molecule has 14 heteroatoms. The van der Waals surface area contributed by atoms with Gasteiger partial charge in [-0.15, -0.1) is 0 Å². The highest BCUT2D eigenvalue weighted by molar-refractivity contribution is 6.20. The zero-order chi connectivity index (χ0) is 28.3. The number of nitrogens with one attached hydrogen (secondary N) is 1. The molecular weight excluding hydrogens is 533 g/mol. The molecule has 1 heterocycles. The number of fused-ring (bicyclic) bond motifs is 1. The second-order valence-electron chi connectivity index (χ2n) is 7.83. The lowest BCUT2D eigenvalue weighted by Gasteiger charge is -2.18. The number of benzene rings is 2. The minimum atomic E-state index is -2.93. The van der Waals surface area contributed by atoms with Crippen molar-refractivity contribution >= 4 is 28.3 Å². The van der Waals surface area contributed by atoms with Gasteiger partial charge in [0.15, 0.2) is 40.5 Å². The Balaban J connectivity index is 1.55. The van der Waals surface area contributed by atoms with E-state index in [0.717, 1.165) is 6.08 Å².